The second-order valence-electron chi connectivity index (χ2n) is 4.84. The Balaban J connectivity index is 2.63. The second kappa shape index (κ2) is 7.25. The summed E-state index contributed by atoms with van der Waals surface area (Å²) in [6.45, 7) is 11.7. The van der Waals surface area contributed by atoms with E-state index in [0.29, 0.717) is 12.6 Å². The molecule has 0 aliphatic heterocycles. The summed E-state index contributed by atoms with van der Waals surface area (Å²) in [6.07, 6.45) is 5.36. The lowest BCUT2D eigenvalue weighted by Gasteiger charge is -2.16. The molecule has 0 aliphatic carbocycles. The van der Waals surface area contributed by atoms with Crippen molar-refractivity contribution in [2.45, 2.75) is 46.8 Å². The van der Waals surface area contributed by atoms with Gasteiger partial charge in [0.25, 0.3) is 0 Å². The first-order valence-electron chi connectivity index (χ1n) is 6.54. The van der Waals surface area contributed by atoms with Crippen LogP contribution in [-0.4, -0.2) is 24.0 Å². The molecule has 0 bridgehead atoms. The van der Waals surface area contributed by atoms with Crippen molar-refractivity contribution in [3.8, 4) is 12.3 Å². The first kappa shape index (κ1) is 14.8. The molecule has 18 heavy (non-hydrogen) atoms. The van der Waals surface area contributed by atoms with Gasteiger partial charge in [0.1, 0.15) is 11.5 Å². The normalized spacial score (nSPS) is 11.2. The van der Waals surface area contributed by atoms with E-state index in [1.807, 2.05) is 6.92 Å². The molecule has 0 saturated heterocycles. The maximum absolute atomic E-state index is 5.75. The maximum atomic E-state index is 5.75. The van der Waals surface area contributed by atoms with Crippen LogP contribution in [0.4, 0.5) is 0 Å². The van der Waals surface area contributed by atoms with Gasteiger partial charge in [-0.3, -0.25) is 4.90 Å². The van der Waals surface area contributed by atoms with Crippen LogP contribution in [0, 0.1) is 19.3 Å². The van der Waals surface area contributed by atoms with Gasteiger partial charge in [-0.1, -0.05) is 26.7 Å². The fourth-order valence-electron chi connectivity index (χ4n) is 1.79. The van der Waals surface area contributed by atoms with Gasteiger partial charge in [0, 0.05) is 18.2 Å². The summed E-state index contributed by atoms with van der Waals surface area (Å²) in [6, 6.07) is 2.59. The highest BCUT2D eigenvalue weighted by Gasteiger charge is 2.10. The molecule has 1 heterocycles. The van der Waals surface area contributed by atoms with Crippen LogP contribution in [0.1, 0.15) is 37.9 Å². The van der Waals surface area contributed by atoms with Crippen molar-refractivity contribution in [3.05, 3.63) is 23.2 Å². The van der Waals surface area contributed by atoms with Crippen molar-refractivity contribution in [1.82, 2.24) is 10.2 Å². The Kier molecular flexibility index (Phi) is 5.97. The van der Waals surface area contributed by atoms with E-state index < -0.39 is 0 Å². The number of rotatable bonds is 7. The minimum Gasteiger partial charge on any atom is -0.465 e. The molecular weight excluding hydrogens is 224 g/mol. The van der Waals surface area contributed by atoms with Crippen LogP contribution in [0.15, 0.2) is 10.5 Å². The third-order valence-electron chi connectivity index (χ3n) is 2.91. The first-order chi connectivity index (χ1) is 8.56. The molecule has 0 radical (unpaired) electrons. The third kappa shape index (κ3) is 4.56. The lowest BCUT2D eigenvalue weighted by atomic mass is 10.2. The highest BCUT2D eigenvalue weighted by molar-refractivity contribution is 5.21. The molecule has 0 spiro atoms. The van der Waals surface area contributed by atoms with Crippen molar-refractivity contribution in [2.75, 3.05) is 13.1 Å². The average Bonchev–Trinajstić information content (AvgIpc) is 2.67. The molecule has 3 heteroatoms. The standard InChI is InChI=1S/C15H24N2O/c1-6-8-17(7-2)11-14-9-15(18-13(14)5)10-16-12(3)4/h1,9,12,16H,7-8,10-11H2,2-5H3. The van der Waals surface area contributed by atoms with E-state index in [4.69, 9.17) is 10.8 Å². The summed E-state index contributed by atoms with van der Waals surface area (Å²) in [5.74, 6) is 4.67. The van der Waals surface area contributed by atoms with Gasteiger partial charge in [-0.05, 0) is 19.5 Å². The van der Waals surface area contributed by atoms with Gasteiger partial charge in [-0.25, -0.2) is 0 Å². The third-order valence-corrected chi connectivity index (χ3v) is 2.91. The summed E-state index contributed by atoms with van der Waals surface area (Å²) >= 11 is 0. The number of furan rings is 1. The highest BCUT2D eigenvalue weighted by Crippen LogP contribution is 2.16. The maximum Gasteiger partial charge on any atom is 0.118 e. The van der Waals surface area contributed by atoms with Gasteiger partial charge in [0.15, 0.2) is 0 Å². The molecule has 0 amide bonds. The van der Waals surface area contributed by atoms with Gasteiger partial charge in [-0.2, -0.15) is 0 Å². The first-order valence-corrected chi connectivity index (χ1v) is 6.54. The SMILES string of the molecule is C#CCN(CC)Cc1cc(CNC(C)C)oc1C. The van der Waals surface area contributed by atoms with Crippen LogP contribution in [0.2, 0.25) is 0 Å². The van der Waals surface area contributed by atoms with Gasteiger partial charge in [0.2, 0.25) is 0 Å². The smallest absolute Gasteiger partial charge is 0.118 e. The summed E-state index contributed by atoms with van der Waals surface area (Å²) < 4.78 is 5.75. The van der Waals surface area contributed by atoms with E-state index in [1.165, 1.54) is 5.56 Å². The number of hydrogen-bond acceptors (Lipinski definition) is 3. The zero-order chi connectivity index (χ0) is 13.5. The van der Waals surface area contributed by atoms with Gasteiger partial charge >= 0.3 is 0 Å². The molecule has 3 nitrogen and oxygen atoms in total. The van der Waals surface area contributed by atoms with Crippen LogP contribution in [0.25, 0.3) is 0 Å². The number of aryl methyl sites for hydroxylation is 1. The second-order valence-corrected chi connectivity index (χ2v) is 4.84. The summed E-state index contributed by atoms with van der Waals surface area (Å²) in [5, 5.41) is 3.36. The van der Waals surface area contributed by atoms with E-state index >= 15 is 0 Å². The molecule has 0 fully saturated rings. The molecule has 100 valence electrons. The molecule has 1 rings (SSSR count). The Morgan fingerprint density at radius 1 is 1.50 bits per heavy atom. The Labute approximate surface area is 111 Å². The van der Waals surface area contributed by atoms with Crippen molar-refractivity contribution in [2.24, 2.45) is 0 Å². The van der Waals surface area contributed by atoms with Crippen molar-refractivity contribution < 1.29 is 4.42 Å². The molecule has 1 aromatic rings. The molecule has 0 atom stereocenters. The largest absolute Gasteiger partial charge is 0.465 e. The number of nitrogens with zero attached hydrogens (tertiary/aromatic N) is 1. The van der Waals surface area contributed by atoms with E-state index in [-0.39, 0.29) is 0 Å². The van der Waals surface area contributed by atoms with Crippen molar-refractivity contribution in [3.63, 3.8) is 0 Å². The molecule has 0 aromatic carbocycles. The Morgan fingerprint density at radius 2 is 2.22 bits per heavy atom. The molecule has 0 aliphatic rings. The zero-order valence-corrected chi connectivity index (χ0v) is 11.9. The lowest BCUT2D eigenvalue weighted by molar-refractivity contribution is 0.313. The fourth-order valence-corrected chi connectivity index (χ4v) is 1.79. The van der Waals surface area contributed by atoms with E-state index in [9.17, 15) is 0 Å². The number of hydrogen-bond donors (Lipinski definition) is 1. The number of nitrogens with one attached hydrogen (secondary N) is 1. The molecule has 1 aromatic heterocycles. The summed E-state index contributed by atoms with van der Waals surface area (Å²) in [5.41, 5.74) is 1.23. The van der Waals surface area contributed by atoms with E-state index in [0.717, 1.165) is 31.2 Å². The van der Waals surface area contributed by atoms with E-state index in [1.54, 1.807) is 0 Å². The van der Waals surface area contributed by atoms with Crippen LogP contribution in [0.3, 0.4) is 0 Å². The Bertz CT molecular complexity index is 401. The van der Waals surface area contributed by atoms with Crippen LogP contribution < -0.4 is 5.32 Å². The zero-order valence-electron chi connectivity index (χ0n) is 11.9. The van der Waals surface area contributed by atoms with E-state index in [2.05, 4.69) is 43.0 Å². The topological polar surface area (TPSA) is 28.4 Å². The molecule has 0 unspecified atom stereocenters. The average molecular weight is 248 g/mol. The number of terminal acetylenes is 1. The fraction of sp³-hybridized carbons (Fsp3) is 0.600. The minimum absolute atomic E-state index is 0.465. The van der Waals surface area contributed by atoms with Crippen molar-refractivity contribution in [1.29, 1.82) is 0 Å². The van der Waals surface area contributed by atoms with Gasteiger partial charge in [0.05, 0.1) is 13.1 Å². The van der Waals surface area contributed by atoms with Gasteiger partial charge in [-0.15, -0.1) is 6.42 Å². The van der Waals surface area contributed by atoms with Gasteiger partial charge < -0.3 is 9.73 Å². The van der Waals surface area contributed by atoms with Crippen LogP contribution in [0.5, 0.6) is 0 Å². The van der Waals surface area contributed by atoms with Crippen LogP contribution in [-0.2, 0) is 13.1 Å². The predicted molar refractivity (Wildman–Crippen MR) is 75.2 cm³/mol. The Hall–Kier alpha value is -1.24. The molecule has 0 saturated carbocycles. The monoisotopic (exact) mass is 248 g/mol. The Morgan fingerprint density at radius 3 is 2.78 bits per heavy atom. The highest BCUT2D eigenvalue weighted by atomic mass is 16.3. The summed E-state index contributed by atoms with van der Waals surface area (Å²) in [4.78, 5) is 2.22. The summed E-state index contributed by atoms with van der Waals surface area (Å²) in [7, 11) is 0. The molecular formula is C15H24N2O. The quantitative estimate of drug-likeness (QED) is 0.752. The lowest BCUT2D eigenvalue weighted by Crippen LogP contribution is -2.23. The van der Waals surface area contributed by atoms with Crippen molar-refractivity contribution >= 4 is 0 Å². The van der Waals surface area contributed by atoms with Crippen LogP contribution >= 0.6 is 0 Å². The molecule has 1 N–H and O–H groups in total. The predicted octanol–water partition coefficient (Wildman–Crippen LogP) is 2.54. The minimum atomic E-state index is 0.465.